The van der Waals surface area contributed by atoms with E-state index in [0.717, 1.165) is 11.1 Å². The van der Waals surface area contributed by atoms with Gasteiger partial charge >= 0.3 is 0 Å². The Bertz CT molecular complexity index is 1280. The average molecular weight is 458 g/mol. The average Bonchev–Trinajstić information content (AvgIpc) is 3.08. The van der Waals surface area contributed by atoms with Gasteiger partial charge in [0.2, 0.25) is 0 Å². The summed E-state index contributed by atoms with van der Waals surface area (Å²) in [6.07, 6.45) is 0. The normalized spacial score (nSPS) is 13.6. The summed E-state index contributed by atoms with van der Waals surface area (Å²) in [4.78, 5) is 11.8. The van der Waals surface area contributed by atoms with E-state index in [1.54, 1.807) is 42.8 Å². The fourth-order valence-electron chi connectivity index (χ4n) is 3.68. The number of anilines is 1. The molecule has 1 amide bonds. The molecule has 0 bridgehead atoms. The highest BCUT2D eigenvalue weighted by atomic mass is 32.2. The van der Waals surface area contributed by atoms with Crippen LogP contribution in [0.1, 0.15) is 19.5 Å². The first-order chi connectivity index (χ1) is 15.2. The van der Waals surface area contributed by atoms with Crippen molar-refractivity contribution in [2.45, 2.75) is 32.6 Å². The molecule has 0 aliphatic carbocycles. The van der Waals surface area contributed by atoms with Gasteiger partial charge in [-0.05, 0) is 62.7 Å². The highest BCUT2D eigenvalue weighted by molar-refractivity contribution is 7.91. The van der Waals surface area contributed by atoms with Gasteiger partial charge < -0.3 is 10.1 Å². The summed E-state index contributed by atoms with van der Waals surface area (Å²) in [5, 5.41) is 6.93. The molecule has 2 aromatic carbocycles. The number of sulfone groups is 1. The molecule has 0 fully saturated rings. The van der Waals surface area contributed by atoms with Crippen LogP contribution in [0.2, 0.25) is 0 Å². The summed E-state index contributed by atoms with van der Waals surface area (Å²) in [6, 6.07) is 11.5. The van der Waals surface area contributed by atoms with Crippen LogP contribution in [0.5, 0.6) is 5.75 Å². The van der Waals surface area contributed by atoms with E-state index in [9.17, 15) is 17.6 Å². The Labute approximate surface area is 186 Å². The Kier molecular flexibility index (Phi) is 5.77. The van der Waals surface area contributed by atoms with Gasteiger partial charge in [-0.15, -0.1) is 0 Å². The van der Waals surface area contributed by atoms with Crippen LogP contribution >= 0.6 is 0 Å². The molecule has 3 aromatic rings. The lowest BCUT2D eigenvalue weighted by Gasteiger charge is -2.19. The highest BCUT2D eigenvalue weighted by Gasteiger charge is 2.24. The summed E-state index contributed by atoms with van der Waals surface area (Å²) in [6.45, 7) is 5.27. The summed E-state index contributed by atoms with van der Waals surface area (Å²) < 4.78 is 45.5. The molecule has 1 aliphatic heterocycles. The lowest BCUT2D eigenvalue weighted by Crippen LogP contribution is -2.25. The smallest absolute Gasteiger partial charge is 0.262 e. The fourth-order valence-corrected chi connectivity index (χ4v) is 4.58. The van der Waals surface area contributed by atoms with Crippen LogP contribution in [0.25, 0.3) is 22.4 Å². The van der Waals surface area contributed by atoms with E-state index in [0.29, 0.717) is 28.4 Å². The Morgan fingerprint density at radius 1 is 1.16 bits per heavy atom. The molecule has 0 saturated heterocycles. The number of aryl methyl sites for hydroxylation is 2. The van der Waals surface area contributed by atoms with E-state index >= 15 is 0 Å². The maximum Gasteiger partial charge on any atom is 0.262 e. The van der Waals surface area contributed by atoms with E-state index in [2.05, 4.69) is 10.4 Å². The number of rotatable bonds is 6. The second kappa shape index (κ2) is 8.38. The van der Waals surface area contributed by atoms with Crippen LogP contribution in [-0.4, -0.2) is 41.7 Å². The Balaban J connectivity index is 1.84. The van der Waals surface area contributed by atoms with Crippen molar-refractivity contribution in [3.8, 4) is 28.1 Å². The number of hydrogen-bond acceptors (Lipinski definition) is 5. The quantitative estimate of drug-likeness (QED) is 0.608. The zero-order valence-electron chi connectivity index (χ0n) is 18.1. The van der Waals surface area contributed by atoms with Crippen molar-refractivity contribution in [3.63, 3.8) is 0 Å². The van der Waals surface area contributed by atoms with Crippen LogP contribution in [0.15, 0.2) is 42.5 Å². The molecule has 4 rings (SSSR count). The minimum atomic E-state index is -3.27. The first kappa shape index (κ1) is 22.0. The number of aromatic nitrogens is 2. The van der Waals surface area contributed by atoms with Crippen LogP contribution < -0.4 is 10.1 Å². The number of hydrogen-bond donors (Lipinski definition) is 1. The first-order valence-corrected chi connectivity index (χ1v) is 12.0. The van der Waals surface area contributed by atoms with E-state index in [1.807, 2.05) is 13.0 Å². The Morgan fingerprint density at radius 3 is 2.53 bits per heavy atom. The lowest BCUT2D eigenvalue weighted by molar-refractivity contribution is -0.118. The molecule has 0 unspecified atom stereocenters. The predicted molar refractivity (Wildman–Crippen MR) is 121 cm³/mol. The first-order valence-electron chi connectivity index (χ1n) is 10.3. The number of carbonyl (C=O) groups excluding carboxylic acids is 1. The summed E-state index contributed by atoms with van der Waals surface area (Å²) in [5.41, 5.74) is 4.20. The molecule has 1 aliphatic rings. The topological polar surface area (TPSA) is 90.3 Å². The number of nitrogens with zero attached hydrogens (tertiary/aromatic N) is 2. The molecule has 9 heteroatoms. The van der Waals surface area contributed by atoms with Crippen molar-refractivity contribution in [3.05, 3.63) is 54.0 Å². The van der Waals surface area contributed by atoms with Gasteiger partial charge in [0.15, 0.2) is 16.4 Å². The van der Waals surface area contributed by atoms with Crippen molar-refractivity contribution in [1.29, 1.82) is 0 Å². The van der Waals surface area contributed by atoms with Crippen molar-refractivity contribution in [1.82, 2.24) is 9.78 Å². The van der Waals surface area contributed by atoms with Gasteiger partial charge in [-0.2, -0.15) is 5.10 Å². The summed E-state index contributed by atoms with van der Waals surface area (Å²) in [7, 11) is -3.27. The van der Waals surface area contributed by atoms with Crippen molar-refractivity contribution in [2.24, 2.45) is 0 Å². The second-order valence-corrected chi connectivity index (χ2v) is 10.7. The Morgan fingerprint density at radius 2 is 1.84 bits per heavy atom. The van der Waals surface area contributed by atoms with Gasteiger partial charge in [0.05, 0.1) is 34.6 Å². The van der Waals surface area contributed by atoms with Crippen molar-refractivity contribution >= 4 is 21.4 Å². The van der Waals surface area contributed by atoms with E-state index in [-0.39, 0.29) is 30.6 Å². The summed E-state index contributed by atoms with van der Waals surface area (Å²) >= 11 is 0. The maximum atomic E-state index is 13.6. The van der Waals surface area contributed by atoms with E-state index in [4.69, 9.17) is 4.74 Å². The largest absolute Gasteiger partial charge is 0.482 e. The van der Waals surface area contributed by atoms with Crippen molar-refractivity contribution < 1.29 is 22.3 Å². The molecule has 0 radical (unpaired) electrons. The van der Waals surface area contributed by atoms with E-state index in [1.165, 1.54) is 12.1 Å². The predicted octanol–water partition coefficient (Wildman–Crippen LogP) is 3.82. The zero-order chi connectivity index (χ0) is 23.0. The Hall–Kier alpha value is -3.20. The van der Waals surface area contributed by atoms with Gasteiger partial charge in [0.1, 0.15) is 11.6 Å². The van der Waals surface area contributed by atoms with Crippen LogP contribution in [0, 0.1) is 12.7 Å². The third-order valence-electron chi connectivity index (χ3n) is 5.45. The minimum Gasteiger partial charge on any atom is -0.482 e. The van der Waals surface area contributed by atoms with Crippen LogP contribution in [0.3, 0.4) is 0 Å². The molecule has 1 aromatic heterocycles. The van der Waals surface area contributed by atoms with Crippen LogP contribution in [0.4, 0.5) is 10.1 Å². The van der Waals surface area contributed by atoms with Gasteiger partial charge in [-0.1, -0.05) is 6.07 Å². The number of carbonyl (C=O) groups is 1. The molecule has 168 valence electrons. The zero-order valence-corrected chi connectivity index (χ0v) is 18.9. The van der Waals surface area contributed by atoms with Gasteiger partial charge in [0, 0.05) is 11.1 Å². The van der Waals surface area contributed by atoms with Crippen molar-refractivity contribution in [2.75, 3.05) is 17.7 Å². The molecular formula is C23H24FN3O4S. The highest BCUT2D eigenvalue weighted by Crippen LogP contribution is 2.39. The molecule has 0 saturated carbocycles. The molecule has 1 N–H and O–H groups in total. The van der Waals surface area contributed by atoms with Gasteiger partial charge in [0.25, 0.3) is 5.91 Å². The number of halogens is 1. The third-order valence-corrected chi connectivity index (χ3v) is 7.64. The molecule has 0 atom stereocenters. The molecule has 7 nitrogen and oxygen atoms in total. The van der Waals surface area contributed by atoms with E-state index < -0.39 is 15.1 Å². The molecule has 0 spiro atoms. The minimum absolute atomic E-state index is 0.0333. The monoisotopic (exact) mass is 457 g/mol. The number of nitrogens with one attached hydrogen (secondary N) is 1. The number of ether oxygens (including phenoxy) is 1. The SMILES string of the molecule is Cc1nn(CCS(=O)(=O)C(C)C)c(-c2ccc(F)cc2)c1-c1ccc2c(c1)NC(=O)CO2. The molecule has 2 heterocycles. The third kappa shape index (κ3) is 4.25. The number of amides is 1. The molecule has 32 heavy (non-hydrogen) atoms. The van der Waals surface area contributed by atoms with Gasteiger partial charge in [-0.3, -0.25) is 9.48 Å². The second-order valence-electron chi connectivity index (χ2n) is 8.00. The molecular weight excluding hydrogens is 433 g/mol. The number of fused-ring (bicyclic) bond motifs is 1. The van der Waals surface area contributed by atoms with Crippen LogP contribution in [-0.2, 0) is 21.2 Å². The standard InChI is InChI=1S/C23H24FN3O4S/c1-14(2)32(29,30)11-10-27-23(16-4-7-18(24)8-5-16)22(15(3)26-27)17-6-9-20-19(12-17)25-21(28)13-31-20/h4-9,12,14H,10-11,13H2,1-3H3,(H,25,28). The van der Waals surface area contributed by atoms with Gasteiger partial charge in [-0.25, -0.2) is 12.8 Å². The fraction of sp³-hybridized carbons (Fsp3) is 0.304. The summed E-state index contributed by atoms with van der Waals surface area (Å²) in [5.74, 6) is -0.0911. The lowest BCUT2D eigenvalue weighted by atomic mass is 9.98. The number of benzene rings is 2. The maximum absolute atomic E-state index is 13.6.